The summed E-state index contributed by atoms with van der Waals surface area (Å²) in [5.74, 6) is -2.00. The lowest BCUT2D eigenvalue weighted by Crippen LogP contribution is -2.56. The molecular weight excluding hydrogens is 267 g/mol. The molecule has 8 heteroatoms. The second-order valence-electron chi connectivity index (χ2n) is 4.60. The minimum atomic E-state index is -4.50. The van der Waals surface area contributed by atoms with E-state index < -0.39 is 36.8 Å². The van der Waals surface area contributed by atoms with Crippen LogP contribution in [-0.2, 0) is 14.3 Å². The fourth-order valence-electron chi connectivity index (χ4n) is 2.11. The van der Waals surface area contributed by atoms with E-state index in [1.807, 2.05) is 0 Å². The number of halogens is 3. The van der Waals surface area contributed by atoms with Crippen LogP contribution in [0.2, 0.25) is 0 Å². The Balaban J connectivity index is 2.46. The number of amides is 1. The Morgan fingerprint density at radius 3 is 2.26 bits per heavy atom. The second-order valence-corrected chi connectivity index (χ2v) is 4.60. The number of alkyl halides is 3. The first-order valence-corrected chi connectivity index (χ1v) is 5.94. The van der Waals surface area contributed by atoms with Crippen LogP contribution in [0, 0.1) is 0 Å². The zero-order valence-corrected chi connectivity index (χ0v) is 10.3. The van der Waals surface area contributed by atoms with Gasteiger partial charge in [-0.15, -0.1) is 0 Å². The number of nitrogens with one attached hydrogen (secondary N) is 1. The quantitative estimate of drug-likeness (QED) is 0.801. The Morgan fingerprint density at radius 2 is 1.79 bits per heavy atom. The fraction of sp³-hybridized carbons (Fsp3) is 0.818. The Bertz CT molecular complexity index is 337. The van der Waals surface area contributed by atoms with Gasteiger partial charge in [-0.3, -0.25) is 4.79 Å². The van der Waals surface area contributed by atoms with Gasteiger partial charge in [0.2, 0.25) is 5.91 Å². The number of carboxylic acid groups (broad SMARTS) is 1. The molecule has 19 heavy (non-hydrogen) atoms. The highest BCUT2D eigenvalue weighted by Crippen LogP contribution is 2.28. The zero-order chi connectivity index (χ0) is 14.5. The number of hydrogen-bond acceptors (Lipinski definition) is 3. The normalized spacial score (nSPS) is 18.9. The van der Waals surface area contributed by atoms with Crippen molar-refractivity contribution in [1.29, 1.82) is 0 Å². The molecule has 2 N–H and O–H groups in total. The Hall–Kier alpha value is -1.31. The smallest absolute Gasteiger partial charge is 0.411 e. The number of hydrogen-bond donors (Lipinski definition) is 2. The number of ether oxygens (including phenoxy) is 1. The van der Waals surface area contributed by atoms with Crippen LogP contribution < -0.4 is 5.32 Å². The maximum Gasteiger partial charge on any atom is 0.411 e. The van der Waals surface area contributed by atoms with Crippen molar-refractivity contribution in [3.63, 3.8) is 0 Å². The predicted octanol–water partition coefficient (Wildman–Crippen LogP) is 1.47. The van der Waals surface area contributed by atoms with Crippen molar-refractivity contribution < 1.29 is 32.6 Å². The molecular formula is C11H16F3NO4. The molecule has 0 atom stereocenters. The molecule has 1 rings (SSSR count). The number of rotatable bonds is 5. The fourth-order valence-corrected chi connectivity index (χ4v) is 2.11. The van der Waals surface area contributed by atoms with E-state index in [9.17, 15) is 22.8 Å². The molecule has 0 spiro atoms. The van der Waals surface area contributed by atoms with E-state index in [1.165, 1.54) is 0 Å². The summed E-state index contributed by atoms with van der Waals surface area (Å²) in [5.41, 5.74) is -1.36. The van der Waals surface area contributed by atoms with Gasteiger partial charge in [-0.1, -0.05) is 19.3 Å². The second kappa shape index (κ2) is 6.23. The molecule has 1 amide bonds. The van der Waals surface area contributed by atoms with Crippen LogP contribution >= 0.6 is 0 Å². The van der Waals surface area contributed by atoms with Crippen molar-refractivity contribution in [1.82, 2.24) is 5.32 Å². The lowest BCUT2D eigenvalue weighted by Gasteiger charge is -2.33. The van der Waals surface area contributed by atoms with E-state index >= 15 is 0 Å². The predicted molar refractivity (Wildman–Crippen MR) is 58.5 cm³/mol. The molecule has 0 aromatic heterocycles. The van der Waals surface area contributed by atoms with E-state index in [0.717, 1.165) is 6.42 Å². The van der Waals surface area contributed by atoms with E-state index in [0.29, 0.717) is 12.8 Å². The highest BCUT2D eigenvalue weighted by Gasteiger charge is 2.41. The van der Waals surface area contributed by atoms with Gasteiger partial charge in [0.1, 0.15) is 18.8 Å². The topological polar surface area (TPSA) is 75.6 Å². The summed E-state index contributed by atoms with van der Waals surface area (Å²) in [6.45, 7) is -2.32. The number of carboxylic acids is 1. The zero-order valence-electron chi connectivity index (χ0n) is 10.3. The molecule has 0 radical (unpaired) electrons. The van der Waals surface area contributed by atoms with E-state index in [-0.39, 0.29) is 12.8 Å². The lowest BCUT2D eigenvalue weighted by atomic mass is 9.81. The molecule has 0 saturated heterocycles. The van der Waals surface area contributed by atoms with Gasteiger partial charge in [-0.25, -0.2) is 4.79 Å². The third kappa shape index (κ3) is 5.06. The van der Waals surface area contributed by atoms with Crippen LogP contribution in [0.1, 0.15) is 32.1 Å². The summed E-state index contributed by atoms with van der Waals surface area (Å²) in [7, 11) is 0. The van der Waals surface area contributed by atoms with Crippen molar-refractivity contribution in [2.45, 2.75) is 43.8 Å². The van der Waals surface area contributed by atoms with Gasteiger partial charge in [-0.2, -0.15) is 13.2 Å². The van der Waals surface area contributed by atoms with Gasteiger partial charge in [-0.05, 0) is 12.8 Å². The van der Waals surface area contributed by atoms with Crippen LogP contribution in [0.4, 0.5) is 13.2 Å². The molecule has 5 nitrogen and oxygen atoms in total. The number of aliphatic carboxylic acids is 1. The third-order valence-corrected chi connectivity index (χ3v) is 2.99. The monoisotopic (exact) mass is 283 g/mol. The third-order valence-electron chi connectivity index (χ3n) is 2.99. The lowest BCUT2D eigenvalue weighted by molar-refractivity contribution is -0.176. The number of carbonyl (C=O) groups is 2. The van der Waals surface area contributed by atoms with Gasteiger partial charge in [0.15, 0.2) is 0 Å². The maximum absolute atomic E-state index is 11.8. The highest BCUT2D eigenvalue weighted by molar-refractivity contribution is 5.87. The van der Waals surface area contributed by atoms with Crippen LogP contribution in [0.25, 0.3) is 0 Å². The van der Waals surface area contributed by atoms with Crippen LogP contribution in [0.3, 0.4) is 0 Å². The average molecular weight is 283 g/mol. The van der Waals surface area contributed by atoms with Gasteiger partial charge in [0.05, 0.1) is 0 Å². The number of carbonyl (C=O) groups excluding carboxylic acids is 1. The standard InChI is InChI=1S/C11H16F3NO4/c12-11(13,14)7-19-6-8(16)15-10(9(17)18)4-2-1-3-5-10/h1-7H2,(H,15,16)(H,17,18). The summed E-state index contributed by atoms with van der Waals surface area (Å²) in [6.07, 6.45) is -1.72. The van der Waals surface area contributed by atoms with Crippen molar-refractivity contribution in [2.75, 3.05) is 13.2 Å². The summed E-state index contributed by atoms with van der Waals surface area (Å²) in [5, 5.41) is 11.4. The Kier molecular flexibility index (Phi) is 5.16. The first kappa shape index (κ1) is 15.7. The molecule has 0 unspecified atom stereocenters. The summed E-state index contributed by atoms with van der Waals surface area (Å²) >= 11 is 0. The molecule has 1 saturated carbocycles. The Morgan fingerprint density at radius 1 is 1.21 bits per heavy atom. The molecule has 110 valence electrons. The van der Waals surface area contributed by atoms with Crippen LogP contribution in [-0.4, -0.2) is 41.9 Å². The van der Waals surface area contributed by atoms with Crippen molar-refractivity contribution >= 4 is 11.9 Å². The summed E-state index contributed by atoms with van der Waals surface area (Å²) in [6, 6.07) is 0. The minimum absolute atomic E-state index is 0.285. The highest BCUT2D eigenvalue weighted by atomic mass is 19.4. The molecule has 0 bridgehead atoms. The molecule has 1 fully saturated rings. The summed E-state index contributed by atoms with van der Waals surface area (Å²) < 4.78 is 39.6. The molecule has 0 aliphatic heterocycles. The first-order chi connectivity index (χ1) is 8.75. The largest absolute Gasteiger partial charge is 0.480 e. The van der Waals surface area contributed by atoms with Gasteiger partial charge in [0.25, 0.3) is 0 Å². The van der Waals surface area contributed by atoms with Crippen molar-refractivity contribution in [3.05, 3.63) is 0 Å². The van der Waals surface area contributed by atoms with E-state index in [2.05, 4.69) is 10.1 Å². The van der Waals surface area contributed by atoms with Crippen LogP contribution in [0.15, 0.2) is 0 Å². The minimum Gasteiger partial charge on any atom is -0.480 e. The van der Waals surface area contributed by atoms with Gasteiger partial charge in [0, 0.05) is 0 Å². The van der Waals surface area contributed by atoms with Crippen molar-refractivity contribution in [3.8, 4) is 0 Å². The molecule has 0 heterocycles. The van der Waals surface area contributed by atoms with E-state index in [1.54, 1.807) is 0 Å². The molecule has 1 aliphatic rings. The Labute approximate surface area is 108 Å². The maximum atomic E-state index is 11.8. The SMILES string of the molecule is O=C(COCC(F)(F)F)NC1(C(=O)O)CCCCC1. The molecule has 0 aromatic rings. The first-order valence-electron chi connectivity index (χ1n) is 5.94. The molecule has 0 aromatic carbocycles. The van der Waals surface area contributed by atoms with Crippen LogP contribution in [0.5, 0.6) is 0 Å². The van der Waals surface area contributed by atoms with E-state index in [4.69, 9.17) is 5.11 Å². The summed E-state index contributed by atoms with van der Waals surface area (Å²) in [4.78, 5) is 22.6. The average Bonchev–Trinajstić information content (AvgIpc) is 2.28. The van der Waals surface area contributed by atoms with Crippen molar-refractivity contribution in [2.24, 2.45) is 0 Å². The molecule has 1 aliphatic carbocycles. The van der Waals surface area contributed by atoms with Gasteiger partial charge < -0.3 is 15.2 Å². The van der Waals surface area contributed by atoms with Gasteiger partial charge >= 0.3 is 12.1 Å².